The van der Waals surface area contributed by atoms with Crippen LogP contribution in [0.5, 0.6) is 11.5 Å². The van der Waals surface area contributed by atoms with Crippen molar-refractivity contribution in [1.82, 2.24) is 10.2 Å². The maximum absolute atomic E-state index is 14.6. The number of ether oxygens (including phenoxy) is 2. The smallest absolute Gasteiger partial charge is 0.264 e. The average molecular weight is 678 g/mol. The quantitative estimate of drug-likeness (QED) is 0.163. The highest BCUT2D eigenvalue weighted by Crippen LogP contribution is 2.28. The zero-order chi connectivity index (χ0) is 34.0. The molecule has 2 atom stereocenters. The Hall–Kier alpha value is -4.54. The molecule has 4 rings (SSSR count). The fourth-order valence-corrected chi connectivity index (χ4v) is 6.51. The van der Waals surface area contributed by atoms with Crippen LogP contribution < -0.4 is 19.1 Å². The lowest BCUT2D eigenvalue weighted by Gasteiger charge is -2.34. The summed E-state index contributed by atoms with van der Waals surface area (Å²) in [6, 6.07) is 27.7. The van der Waals surface area contributed by atoms with Crippen molar-refractivity contribution in [1.29, 1.82) is 0 Å². The van der Waals surface area contributed by atoms with Crippen LogP contribution in [0.2, 0.25) is 5.02 Å². The molecule has 0 heterocycles. The SMILES string of the molecule is CCC(C)NC(=O)C(Cc1ccccc1)N(Cc1cccc(OC)c1)C(=O)CN(c1ccc(Cl)cc1)S(=O)(=O)c1ccc(OC)cc1. The third-order valence-electron chi connectivity index (χ3n) is 7.80. The molecule has 4 aromatic carbocycles. The third-order valence-corrected chi connectivity index (χ3v) is 9.84. The number of carbonyl (C=O) groups is 2. The summed E-state index contributed by atoms with van der Waals surface area (Å²) in [5, 5.41) is 3.44. The van der Waals surface area contributed by atoms with Gasteiger partial charge >= 0.3 is 0 Å². The molecule has 11 heteroatoms. The van der Waals surface area contributed by atoms with E-state index in [0.717, 1.165) is 9.87 Å². The number of anilines is 1. The fraction of sp³-hybridized carbons (Fsp3) is 0.278. The minimum absolute atomic E-state index is 0.0263. The zero-order valence-corrected chi connectivity index (χ0v) is 28.5. The van der Waals surface area contributed by atoms with Crippen LogP contribution in [0.1, 0.15) is 31.4 Å². The highest BCUT2D eigenvalue weighted by molar-refractivity contribution is 7.92. The predicted molar refractivity (Wildman–Crippen MR) is 184 cm³/mol. The summed E-state index contributed by atoms with van der Waals surface area (Å²) in [5.41, 5.74) is 1.80. The van der Waals surface area contributed by atoms with Crippen molar-refractivity contribution in [2.75, 3.05) is 25.1 Å². The highest BCUT2D eigenvalue weighted by atomic mass is 35.5. The Labute approximate surface area is 282 Å². The third kappa shape index (κ3) is 9.27. The van der Waals surface area contributed by atoms with Gasteiger partial charge in [-0.2, -0.15) is 0 Å². The fourth-order valence-electron chi connectivity index (χ4n) is 4.97. The van der Waals surface area contributed by atoms with E-state index in [9.17, 15) is 18.0 Å². The summed E-state index contributed by atoms with van der Waals surface area (Å²) in [5.74, 6) is 0.164. The molecular formula is C36H40ClN3O6S. The Morgan fingerprint density at radius 1 is 0.830 bits per heavy atom. The molecule has 0 saturated heterocycles. The standard InChI is InChI=1S/C36H40ClN3O6S/c1-5-26(2)38-36(42)34(23-27-10-7-6-8-11-27)39(24-28-12-9-13-32(22-28)46-4)35(41)25-40(30-16-14-29(37)15-17-30)47(43,44)33-20-18-31(45-3)19-21-33/h6-22,26,34H,5,23-25H2,1-4H3,(H,38,42). The number of halogens is 1. The highest BCUT2D eigenvalue weighted by Gasteiger charge is 2.35. The van der Waals surface area contributed by atoms with Crippen molar-refractivity contribution in [2.45, 2.75) is 50.2 Å². The van der Waals surface area contributed by atoms with Crippen molar-refractivity contribution in [3.05, 3.63) is 119 Å². The molecule has 2 unspecified atom stereocenters. The Morgan fingerprint density at radius 3 is 2.09 bits per heavy atom. The lowest BCUT2D eigenvalue weighted by atomic mass is 10.0. The van der Waals surface area contributed by atoms with Gasteiger partial charge in [-0.25, -0.2) is 8.42 Å². The van der Waals surface area contributed by atoms with Crippen LogP contribution in [0.15, 0.2) is 108 Å². The summed E-state index contributed by atoms with van der Waals surface area (Å²) >= 11 is 6.15. The van der Waals surface area contributed by atoms with E-state index in [1.807, 2.05) is 50.2 Å². The molecule has 4 aromatic rings. The van der Waals surface area contributed by atoms with Gasteiger partial charge in [-0.1, -0.05) is 61.0 Å². The van der Waals surface area contributed by atoms with Gasteiger partial charge in [0, 0.05) is 24.0 Å². The largest absolute Gasteiger partial charge is 0.497 e. The Balaban J connectivity index is 1.81. The van der Waals surface area contributed by atoms with Crippen molar-refractivity contribution < 1.29 is 27.5 Å². The lowest BCUT2D eigenvalue weighted by molar-refractivity contribution is -0.140. The van der Waals surface area contributed by atoms with Gasteiger partial charge in [-0.3, -0.25) is 13.9 Å². The molecule has 0 aromatic heterocycles. The average Bonchev–Trinajstić information content (AvgIpc) is 3.09. The van der Waals surface area contributed by atoms with Gasteiger partial charge in [-0.05, 0) is 85.1 Å². The second-order valence-electron chi connectivity index (χ2n) is 11.1. The first-order valence-electron chi connectivity index (χ1n) is 15.2. The normalized spacial score (nSPS) is 12.4. The molecule has 0 aliphatic rings. The van der Waals surface area contributed by atoms with Crippen LogP contribution in [0.3, 0.4) is 0 Å². The van der Waals surface area contributed by atoms with Crippen LogP contribution in [0.25, 0.3) is 0 Å². The van der Waals surface area contributed by atoms with E-state index in [1.54, 1.807) is 61.7 Å². The number of hydrogen-bond acceptors (Lipinski definition) is 6. The minimum Gasteiger partial charge on any atom is -0.497 e. The van der Waals surface area contributed by atoms with Crippen LogP contribution >= 0.6 is 11.6 Å². The Morgan fingerprint density at radius 2 is 1.47 bits per heavy atom. The Kier molecular flexibility index (Phi) is 12.3. The number of amides is 2. The lowest BCUT2D eigenvalue weighted by Crippen LogP contribution is -2.54. The van der Waals surface area contributed by atoms with E-state index >= 15 is 0 Å². The van der Waals surface area contributed by atoms with Crippen molar-refractivity contribution in [3.8, 4) is 11.5 Å². The second kappa shape index (κ2) is 16.3. The van der Waals surface area contributed by atoms with Gasteiger partial charge in [0.25, 0.3) is 10.0 Å². The molecule has 1 N–H and O–H groups in total. The first kappa shape index (κ1) is 35.3. The number of sulfonamides is 1. The van der Waals surface area contributed by atoms with E-state index in [2.05, 4.69) is 5.32 Å². The summed E-state index contributed by atoms with van der Waals surface area (Å²) in [6.07, 6.45) is 0.906. The number of hydrogen-bond donors (Lipinski definition) is 1. The predicted octanol–water partition coefficient (Wildman–Crippen LogP) is 6.11. The number of carbonyl (C=O) groups excluding carboxylic acids is 2. The number of rotatable bonds is 15. The first-order valence-corrected chi connectivity index (χ1v) is 17.1. The maximum atomic E-state index is 14.6. The number of nitrogens with zero attached hydrogens (tertiary/aromatic N) is 2. The molecule has 0 spiro atoms. The van der Waals surface area contributed by atoms with Gasteiger partial charge in [0.15, 0.2) is 0 Å². The van der Waals surface area contributed by atoms with Crippen LogP contribution in [-0.2, 0) is 32.6 Å². The molecule has 248 valence electrons. The molecule has 0 fully saturated rings. The van der Waals surface area contributed by atoms with Gasteiger partial charge in [0.1, 0.15) is 24.1 Å². The molecule has 2 amide bonds. The van der Waals surface area contributed by atoms with Gasteiger partial charge < -0.3 is 19.7 Å². The van der Waals surface area contributed by atoms with Gasteiger partial charge in [0.2, 0.25) is 11.8 Å². The van der Waals surface area contributed by atoms with Gasteiger partial charge in [0.05, 0.1) is 24.8 Å². The van der Waals surface area contributed by atoms with Crippen molar-refractivity contribution in [2.24, 2.45) is 0 Å². The first-order chi connectivity index (χ1) is 22.5. The van der Waals surface area contributed by atoms with E-state index in [-0.39, 0.29) is 35.5 Å². The van der Waals surface area contributed by atoms with E-state index < -0.39 is 28.5 Å². The molecule has 0 bridgehead atoms. The Bertz CT molecular complexity index is 1740. The van der Waals surface area contributed by atoms with Crippen LogP contribution in [-0.4, -0.2) is 58.0 Å². The molecule has 0 aliphatic carbocycles. The van der Waals surface area contributed by atoms with Gasteiger partial charge in [-0.15, -0.1) is 0 Å². The van der Waals surface area contributed by atoms with Crippen molar-refractivity contribution in [3.63, 3.8) is 0 Å². The van der Waals surface area contributed by atoms with E-state index in [4.69, 9.17) is 21.1 Å². The molecule has 9 nitrogen and oxygen atoms in total. The second-order valence-corrected chi connectivity index (χ2v) is 13.4. The molecule has 0 radical (unpaired) electrons. The number of benzene rings is 4. The van der Waals surface area contributed by atoms with E-state index in [1.165, 1.54) is 24.1 Å². The number of methoxy groups -OCH3 is 2. The minimum atomic E-state index is -4.27. The molecule has 0 aliphatic heterocycles. The monoisotopic (exact) mass is 677 g/mol. The topological polar surface area (TPSA) is 105 Å². The zero-order valence-electron chi connectivity index (χ0n) is 26.9. The van der Waals surface area contributed by atoms with Crippen molar-refractivity contribution >= 4 is 39.1 Å². The molecule has 0 saturated carbocycles. The summed E-state index contributed by atoms with van der Waals surface area (Å²) in [6.45, 7) is 3.31. The number of nitrogens with one attached hydrogen (secondary N) is 1. The maximum Gasteiger partial charge on any atom is 0.264 e. The van der Waals surface area contributed by atoms with E-state index in [0.29, 0.717) is 28.5 Å². The summed E-state index contributed by atoms with van der Waals surface area (Å²) < 4.78 is 40.0. The molecular weight excluding hydrogens is 638 g/mol. The summed E-state index contributed by atoms with van der Waals surface area (Å²) in [7, 11) is -1.23. The van der Waals surface area contributed by atoms with Crippen LogP contribution in [0, 0.1) is 0 Å². The molecule has 47 heavy (non-hydrogen) atoms. The van der Waals surface area contributed by atoms with Crippen LogP contribution in [0.4, 0.5) is 5.69 Å². The summed E-state index contributed by atoms with van der Waals surface area (Å²) in [4.78, 5) is 30.0.